The van der Waals surface area contributed by atoms with Crippen molar-refractivity contribution in [3.63, 3.8) is 0 Å². The van der Waals surface area contributed by atoms with Crippen molar-refractivity contribution in [1.82, 2.24) is 14.5 Å². The first kappa shape index (κ1) is 27.5. The summed E-state index contributed by atoms with van der Waals surface area (Å²) in [7, 11) is -3.58. The lowest BCUT2D eigenvalue weighted by molar-refractivity contribution is 0.437. The van der Waals surface area contributed by atoms with Gasteiger partial charge in [-0.2, -0.15) is 4.31 Å². The second kappa shape index (κ2) is 11.5. The van der Waals surface area contributed by atoms with Crippen molar-refractivity contribution in [2.24, 2.45) is 0 Å². The van der Waals surface area contributed by atoms with Gasteiger partial charge in [0.05, 0.1) is 16.3 Å². The lowest BCUT2D eigenvalue weighted by Gasteiger charge is -2.18. The second-order valence-corrected chi connectivity index (χ2v) is 11.5. The van der Waals surface area contributed by atoms with E-state index in [4.69, 9.17) is 32.4 Å². The molecule has 0 saturated carbocycles. The van der Waals surface area contributed by atoms with Crippen LogP contribution in [0.25, 0.3) is 11.5 Å². The molecule has 0 spiro atoms. The van der Waals surface area contributed by atoms with Crippen LogP contribution in [0.4, 0.5) is 4.39 Å². The normalized spacial score (nSPS) is 11.8. The molecule has 0 fully saturated rings. The predicted molar refractivity (Wildman–Crippen MR) is 143 cm³/mol. The first-order valence-electron chi connectivity index (χ1n) is 11.2. The molecule has 0 saturated heterocycles. The van der Waals surface area contributed by atoms with E-state index in [-0.39, 0.29) is 39.4 Å². The molecule has 0 amide bonds. The SMILES string of the molecule is CCN(CC)S(=O)(=O)c1ccc(-c2nnc(Cc3ccc(Cl)c(Oc4cc(Cl)cc(Br)c4)c3F)o2)cc1. The Balaban J connectivity index is 1.54. The van der Waals surface area contributed by atoms with Crippen molar-refractivity contribution in [2.45, 2.75) is 25.2 Å². The van der Waals surface area contributed by atoms with Crippen LogP contribution in [0.15, 0.2) is 68.4 Å². The van der Waals surface area contributed by atoms with Gasteiger partial charge in [-0.1, -0.05) is 59.0 Å². The number of nitrogens with zero attached hydrogens (tertiary/aromatic N) is 3. The fraction of sp³-hybridized carbons (Fsp3) is 0.200. The highest BCUT2D eigenvalue weighted by Crippen LogP contribution is 2.36. The van der Waals surface area contributed by atoms with Gasteiger partial charge < -0.3 is 9.15 Å². The van der Waals surface area contributed by atoms with Gasteiger partial charge in [-0.3, -0.25) is 0 Å². The molecule has 194 valence electrons. The number of aromatic nitrogens is 2. The number of halogens is 4. The number of sulfonamides is 1. The zero-order valence-electron chi connectivity index (χ0n) is 19.7. The minimum absolute atomic E-state index is 0.0139. The highest BCUT2D eigenvalue weighted by Gasteiger charge is 2.22. The van der Waals surface area contributed by atoms with E-state index in [1.807, 2.05) is 0 Å². The van der Waals surface area contributed by atoms with E-state index >= 15 is 4.39 Å². The Morgan fingerprint density at radius 3 is 2.38 bits per heavy atom. The van der Waals surface area contributed by atoms with Gasteiger partial charge in [-0.25, -0.2) is 12.8 Å². The van der Waals surface area contributed by atoms with Crippen LogP contribution in [0.3, 0.4) is 0 Å². The van der Waals surface area contributed by atoms with Gasteiger partial charge in [-0.05, 0) is 48.5 Å². The maximum Gasteiger partial charge on any atom is 0.247 e. The summed E-state index contributed by atoms with van der Waals surface area (Å²) in [6.45, 7) is 4.31. The van der Waals surface area contributed by atoms with Gasteiger partial charge in [0.2, 0.25) is 21.8 Å². The van der Waals surface area contributed by atoms with E-state index in [1.165, 1.54) is 34.6 Å². The summed E-state index contributed by atoms with van der Waals surface area (Å²) < 4.78 is 54.1. The summed E-state index contributed by atoms with van der Waals surface area (Å²) in [5, 5.41) is 8.53. The Labute approximate surface area is 232 Å². The molecule has 0 atom stereocenters. The minimum atomic E-state index is -3.58. The summed E-state index contributed by atoms with van der Waals surface area (Å²) in [5.41, 5.74) is 0.765. The molecular formula is C25H21BrCl2FN3O4S. The van der Waals surface area contributed by atoms with Crippen molar-refractivity contribution in [2.75, 3.05) is 13.1 Å². The molecule has 37 heavy (non-hydrogen) atoms. The second-order valence-electron chi connectivity index (χ2n) is 7.85. The predicted octanol–water partition coefficient (Wildman–Crippen LogP) is 7.36. The smallest absolute Gasteiger partial charge is 0.247 e. The molecule has 1 heterocycles. The van der Waals surface area contributed by atoms with Gasteiger partial charge in [-0.15, -0.1) is 10.2 Å². The molecule has 0 aliphatic heterocycles. The standard InChI is InChI=1S/C25H21BrCl2FN3O4S/c1-3-32(4-2)37(33,34)20-8-5-15(6-9-20)25-31-30-22(36-25)11-16-7-10-21(28)24(23(16)29)35-19-13-17(26)12-18(27)14-19/h5-10,12-14H,3-4,11H2,1-2H3. The number of benzene rings is 3. The van der Waals surface area contributed by atoms with E-state index in [9.17, 15) is 8.42 Å². The van der Waals surface area contributed by atoms with Crippen LogP contribution < -0.4 is 4.74 Å². The Kier molecular flexibility index (Phi) is 8.55. The molecule has 3 aromatic carbocycles. The number of rotatable bonds is 9. The van der Waals surface area contributed by atoms with Crippen LogP contribution in [0.1, 0.15) is 25.3 Å². The largest absolute Gasteiger partial charge is 0.453 e. The van der Waals surface area contributed by atoms with Crippen molar-refractivity contribution in [3.05, 3.63) is 86.4 Å². The molecule has 0 unspecified atom stereocenters. The molecule has 7 nitrogen and oxygen atoms in total. The van der Waals surface area contributed by atoms with Crippen LogP contribution in [0, 0.1) is 5.82 Å². The molecule has 4 aromatic rings. The highest BCUT2D eigenvalue weighted by atomic mass is 79.9. The maximum absolute atomic E-state index is 15.3. The van der Waals surface area contributed by atoms with E-state index in [1.54, 1.807) is 38.1 Å². The fourth-order valence-corrected chi connectivity index (χ4v) is 6.07. The maximum atomic E-state index is 15.3. The molecular weight excluding hydrogens is 608 g/mol. The third kappa shape index (κ3) is 6.15. The third-order valence-corrected chi connectivity index (χ3v) is 8.48. The van der Waals surface area contributed by atoms with Gasteiger partial charge in [0.25, 0.3) is 0 Å². The average Bonchev–Trinajstić information content (AvgIpc) is 3.32. The van der Waals surface area contributed by atoms with Crippen LogP contribution >= 0.6 is 39.1 Å². The summed E-state index contributed by atoms with van der Waals surface area (Å²) in [6.07, 6.45) is -0.0139. The van der Waals surface area contributed by atoms with E-state index in [2.05, 4.69) is 26.1 Å². The molecule has 1 aromatic heterocycles. The fourth-order valence-electron chi connectivity index (χ4n) is 3.60. The molecule has 0 aliphatic rings. The Morgan fingerprint density at radius 1 is 1.03 bits per heavy atom. The number of ether oxygens (including phenoxy) is 1. The average molecular weight is 629 g/mol. The van der Waals surface area contributed by atoms with Gasteiger partial charge in [0.1, 0.15) is 5.75 Å². The van der Waals surface area contributed by atoms with E-state index in [0.29, 0.717) is 33.9 Å². The first-order valence-corrected chi connectivity index (χ1v) is 14.1. The Hall–Kier alpha value is -2.50. The van der Waals surface area contributed by atoms with Crippen LogP contribution in [0.2, 0.25) is 10.0 Å². The zero-order valence-corrected chi connectivity index (χ0v) is 23.6. The zero-order chi connectivity index (χ0) is 26.7. The van der Waals surface area contributed by atoms with Crippen LogP contribution in [-0.4, -0.2) is 36.0 Å². The van der Waals surface area contributed by atoms with Crippen molar-refractivity contribution < 1.29 is 22.0 Å². The Bertz CT molecular complexity index is 1510. The molecule has 4 rings (SSSR count). The lowest BCUT2D eigenvalue weighted by Crippen LogP contribution is -2.30. The summed E-state index contributed by atoms with van der Waals surface area (Å²) >= 11 is 15.6. The van der Waals surface area contributed by atoms with Crippen LogP contribution in [-0.2, 0) is 16.4 Å². The van der Waals surface area contributed by atoms with Crippen LogP contribution in [0.5, 0.6) is 11.5 Å². The molecule has 0 aliphatic carbocycles. The summed E-state index contributed by atoms with van der Waals surface area (Å²) in [6, 6.07) is 14.0. The van der Waals surface area contributed by atoms with Crippen molar-refractivity contribution in [1.29, 1.82) is 0 Å². The molecule has 0 radical (unpaired) electrons. The minimum Gasteiger partial charge on any atom is -0.453 e. The third-order valence-electron chi connectivity index (χ3n) is 5.44. The van der Waals surface area contributed by atoms with Crippen molar-refractivity contribution in [3.8, 4) is 23.0 Å². The van der Waals surface area contributed by atoms with Gasteiger partial charge >= 0.3 is 0 Å². The molecule has 0 N–H and O–H groups in total. The Morgan fingerprint density at radius 2 is 1.73 bits per heavy atom. The quantitative estimate of drug-likeness (QED) is 0.193. The summed E-state index contributed by atoms with van der Waals surface area (Å²) in [5.74, 6) is -0.180. The number of hydrogen-bond donors (Lipinski definition) is 0. The number of hydrogen-bond acceptors (Lipinski definition) is 6. The first-order chi connectivity index (χ1) is 17.6. The topological polar surface area (TPSA) is 85.5 Å². The van der Waals surface area contributed by atoms with Gasteiger partial charge in [0, 0.05) is 33.7 Å². The van der Waals surface area contributed by atoms with Crippen molar-refractivity contribution >= 4 is 49.2 Å². The van der Waals surface area contributed by atoms with E-state index in [0.717, 1.165) is 0 Å². The monoisotopic (exact) mass is 627 g/mol. The highest BCUT2D eigenvalue weighted by molar-refractivity contribution is 9.10. The molecule has 12 heteroatoms. The summed E-state index contributed by atoms with van der Waals surface area (Å²) in [4.78, 5) is 0.169. The lowest BCUT2D eigenvalue weighted by atomic mass is 10.1. The van der Waals surface area contributed by atoms with Gasteiger partial charge in [0.15, 0.2) is 11.6 Å². The van der Waals surface area contributed by atoms with E-state index < -0.39 is 15.8 Å². The molecule has 0 bridgehead atoms.